The number of benzene rings is 2. The van der Waals surface area contributed by atoms with Gasteiger partial charge in [-0.25, -0.2) is 9.97 Å². The van der Waals surface area contributed by atoms with Crippen LogP contribution in [0, 0.1) is 6.92 Å². The lowest BCUT2D eigenvalue weighted by molar-refractivity contribution is 0.122. The van der Waals surface area contributed by atoms with Crippen molar-refractivity contribution < 1.29 is 4.74 Å². The Morgan fingerprint density at radius 2 is 1.70 bits per heavy atom. The monoisotopic (exact) mass is 438 g/mol. The molecular formula is C23H23ClN4OS. The van der Waals surface area contributed by atoms with Gasteiger partial charge in [0.05, 0.1) is 18.6 Å². The first-order valence-corrected chi connectivity index (χ1v) is 10.6. The second kappa shape index (κ2) is 9.00. The van der Waals surface area contributed by atoms with Gasteiger partial charge in [-0.15, -0.1) is 23.7 Å². The fourth-order valence-corrected chi connectivity index (χ4v) is 4.82. The Kier molecular flexibility index (Phi) is 6.18. The van der Waals surface area contributed by atoms with Gasteiger partial charge in [0, 0.05) is 34.9 Å². The van der Waals surface area contributed by atoms with E-state index < -0.39 is 0 Å². The normalized spacial score (nSPS) is 13.8. The van der Waals surface area contributed by atoms with Gasteiger partial charge in [-0.1, -0.05) is 30.3 Å². The highest BCUT2D eigenvalue weighted by atomic mass is 35.5. The number of rotatable bonds is 4. The highest BCUT2D eigenvalue weighted by Crippen LogP contribution is 2.40. The molecule has 1 saturated heterocycles. The lowest BCUT2D eigenvalue weighted by Crippen LogP contribution is -2.36. The molecule has 2 aromatic carbocycles. The van der Waals surface area contributed by atoms with E-state index in [1.165, 1.54) is 21.7 Å². The number of nitrogens with one attached hydrogen (secondary N) is 1. The minimum Gasteiger partial charge on any atom is -0.378 e. The van der Waals surface area contributed by atoms with Crippen LogP contribution in [0.5, 0.6) is 0 Å². The second-order valence-electron chi connectivity index (χ2n) is 7.07. The van der Waals surface area contributed by atoms with E-state index in [1.807, 2.05) is 6.07 Å². The Morgan fingerprint density at radius 3 is 2.43 bits per heavy atom. The third kappa shape index (κ3) is 3.99. The van der Waals surface area contributed by atoms with Crippen LogP contribution in [0.25, 0.3) is 21.3 Å². The number of morpholine rings is 1. The number of aromatic nitrogens is 2. The van der Waals surface area contributed by atoms with Crippen LogP contribution in [-0.4, -0.2) is 36.3 Å². The van der Waals surface area contributed by atoms with Gasteiger partial charge in [0.1, 0.15) is 17.0 Å². The zero-order chi connectivity index (χ0) is 19.6. The summed E-state index contributed by atoms with van der Waals surface area (Å²) in [6.45, 7) is 5.61. The van der Waals surface area contributed by atoms with E-state index in [2.05, 4.69) is 75.6 Å². The third-order valence-electron chi connectivity index (χ3n) is 5.23. The molecule has 1 N–H and O–H groups in total. The van der Waals surface area contributed by atoms with Gasteiger partial charge in [0.15, 0.2) is 0 Å². The van der Waals surface area contributed by atoms with Crippen molar-refractivity contribution in [3.05, 3.63) is 65.8 Å². The second-order valence-corrected chi connectivity index (χ2v) is 8.28. The first kappa shape index (κ1) is 20.6. The zero-order valence-corrected chi connectivity index (χ0v) is 18.3. The van der Waals surface area contributed by atoms with Gasteiger partial charge in [-0.05, 0) is 36.8 Å². The summed E-state index contributed by atoms with van der Waals surface area (Å²) in [7, 11) is 0. The number of anilines is 3. The van der Waals surface area contributed by atoms with Crippen molar-refractivity contribution in [2.45, 2.75) is 6.92 Å². The summed E-state index contributed by atoms with van der Waals surface area (Å²) < 4.78 is 5.45. The van der Waals surface area contributed by atoms with Gasteiger partial charge in [0.2, 0.25) is 0 Å². The number of fused-ring (bicyclic) bond motifs is 1. The molecular weight excluding hydrogens is 416 g/mol. The molecule has 0 spiro atoms. The molecule has 4 aromatic rings. The maximum Gasteiger partial charge on any atom is 0.143 e. The van der Waals surface area contributed by atoms with Crippen molar-refractivity contribution >= 4 is 51.2 Å². The van der Waals surface area contributed by atoms with Crippen molar-refractivity contribution in [1.29, 1.82) is 0 Å². The first-order chi connectivity index (χ1) is 14.3. The lowest BCUT2D eigenvalue weighted by Gasteiger charge is -2.28. The third-order valence-corrected chi connectivity index (χ3v) is 6.25. The predicted octanol–water partition coefficient (Wildman–Crippen LogP) is 5.67. The Morgan fingerprint density at radius 1 is 0.967 bits per heavy atom. The van der Waals surface area contributed by atoms with Crippen molar-refractivity contribution in [3.8, 4) is 11.1 Å². The minimum atomic E-state index is 0. The smallest absolute Gasteiger partial charge is 0.143 e. The average Bonchev–Trinajstić information content (AvgIpc) is 3.12. The molecule has 0 atom stereocenters. The van der Waals surface area contributed by atoms with Crippen LogP contribution in [-0.2, 0) is 4.74 Å². The highest BCUT2D eigenvalue weighted by Gasteiger charge is 2.17. The molecule has 2 aromatic heterocycles. The minimum absolute atomic E-state index is 0. The summed E-state index contributed by atoms with van der Waals surface area (Å²) in [4.78, 5) is 13.7. The Balaban J connectivity index is 0.00000218. The number of ether oxygens (including phenoxy) is 1. The van der Waals surface area contributed by atoms with E-state index >= 15 is 0 Å². The van der Waals surface area contributed by atoms with E-state index in [9.17, 15) is 0 Å². The number of halogens is 1. The molecule has 0 unspecified atom stereocenters. The average molecular weight is 439 g/mol. The van der Waals surface area contributed by atoms with Gasteiger partial charge in [-0.3, -0.25) is 0 Å². The topological polar surface area (TPSA) is 50.3 Å². The standard InChI is InChI=1S/C23H22N4OS.ClH/c1-16-20(17-5-3-2-4-6-17)21-22(24-15-25-23(21)29-16)26-18-7-9-19(10-8-18)27-11-13-28-14-12-27;/h2-10,15H,11-14H2,1H3,(H,24,25,26);1H. The van der Waals surface area contributed by atoms with Crippen molar-refractivity contribution in [2.24, 2.45) is 0 Å². The maximum atomic E-state index is 5.45. The fourth-order valence-electron chi connectivity index (χ4n) is 3.81. The summed E-state index contributed by atoms with van der Waals surface area (Å²) in [5.41, 5.74) is 4.64. The first-order valence-electron chi connectivity index (χ1n) is 9.79. The molecule has 30 heavy (non-hydrogen) atoms. The summed E-state index contributed by atoms with van der Waals surface area (Å²) in [6.07, 6.45) is 1.64. The SMILES string of the molecule is Cc1sc2ncnc(Nc3ccc(N4CCOCC4)cc3)c2c1-c1ccccc1.Cl. The molecule has 7 heteroatoms. The zero-order valence-electron chi connectivity index (χ0n) is 16.7. The highest BCUT2D eigenvalue weighted by molar-refractivity contribution is 7.19. The van der Waals surface area contributed by atoms with Crippen molar-refractivity contribution in [3.63, 3.8) is 0 Å². The van der Waals surface area contributed by atoms with Crippen LogP contribution in [0.15, 0.2) is 60.9 Å². The van der Waals surface area contributed by atoms with Gasteiger partial charge >= 0.3 is 0 Å². The van der Waals surface area contributed by atoms with Gasteiger partial charge < -0.3 is 15.0 Å². The number of hydrogen-bond donors (Lipinski definition) is 1. The van der Waals surface area contributed by atoms with E-state index in [0.29, 0.717) is 0 Å². The van der Waals surface area contributed by atoms with Crippen LogP contribution in [0.1, 0.15) is 4.88 Å². The number of hydrogen-bond acceptors (Lipinski definition) is 6. The summed E-state index contributed by atoms with van der Waals surface area (Å²) in [5, 5.41) is 4.59. The molecule has 5 rings (SSSR count). The van der Waals surface area contributed by atoms with E-state index in [0.717, 1.165) is 48.0 Å². The molecule has 0 aliphatic carbocycles. The molecule has 0 saturated carbocycles. The van der Waals surface area contributed by atoms with Crippen molar-refractivity contribution in [1.82, 2.24) is 9.97 Å². The van der Waals surface area contributed by atoms with Gasteiger partial charge in [-0.2, -0.15) is 0 Å². The molecule has 1 aliphatic heterocycles. The molecule has 0 radical (unpaired) electrons. The largest absolute Gasteiger partial charge is 0.378 e. The Hall–Kier alpha value is -2.67. The number of nitrogens with zero attached hydrogens (tertiary/aromatic N) is 3. The van der Waals surface area contributed by atoms with E-state index in [1.54, 1.807) is 17.7 Å². The van der Waals surface area contributed by atoms with Gasteiger partial charge in [0.25, 0.3) is 0 Å². The summed E-state index contributed by atoms with van der Waals surface area (Å²) in [5.74, 6) is 0.845. The van der Waals surface area contributed by atoms with E-state index in [4.69, 9.17) is 4.74 Å². The van der Waals surface area contributed by atoms with Crippen molar-refractivity contribution in [2.75, 3.05) is 36.5 Å². The Labute approximate surface area is 186 Å². The summed E-state index contributed by atoms with van der Waals surface area (Å²) in [6, 6.07) is 19.0. The quantitative estimate of drug-likeness (QED) is 0.445. The molecule has 1 fully saturated rings. The fraction of sp³-hybridized carbons (Fsp3) is 0.217. The van der Waals surface area contributed by atoms with Crippen LogP contribution in [0.4, 0.5) is 17.2 Å². The maximum absolute atomic E-state index is 5.45. The number of thiophene rings is 1. The lowest BCUT2D eigenvalue weighted by atomic mass is 10.0. The molecule has 154 valence electrons. The summed E-state index contributed by atoms with van der Waals surface area (Å²) >= 11 is 1.71. The van der Waals surface area contributed by atoms with Crippen LogP contribution >= 0.6 is 23.7 Å². The molecule has 0 bridgehead atoms. The Bertz CT molecular complexity index is 1130. The van der Waals surface area contributed by atoms with Crippen LogP contribution in [0.2, 0.25) is 0 Å². The predicted molar refractivity (Wildman–Crippen MR) is 128 cm³/mol. The molecule has 3 heterocycles. The number of aryl methyl sites for hydroxylation is 1. The molecule has 5 nitrogen and oxygen atoms in total. The van der Waals surface area contributed by atoms with E-state index in [-0.39, 0.29) is 12.4 Å². The molecule has 0 amide bonds. The van der Waals surface area contributed by atoms with Crippen LogP contribution < -0.4 is 10.2 Å². The molecule has 1 aliphatic rings. The van der Waals surface area contributed by atoms with Crippen LogP contribution in [0.3, 0.4) is 0 Å².